The first-order chi connectivity index (χ1) is 7.77. The van der Waals surface area contributed by atoms with Crippen LogP contribution in [0.2, 0.25) is 0 Å². The minimum atomic E-state index is -0.416. The van der Waals surface area contributed by atoms with Crippen LogP contribution in [0.15, 0.2) is 30.3 Å². The van der Waals surface area contributed by atoms with Gasteiger partial charge in [-0.15, -0.1) is 0 Å². The molecule has 1 N–H and O–H groups in total. The maximum atomic E-state index is 11.1. The second kappa shape index (κ2) is 6.85. The van der Waals surface area contributed by atoms with E-state index in [9.17, 15) is 4.79 Å². The molecule has 1 aromatic carbocycles. The number of hydrogen-bond acceptors (Lipinski definition) is 3. The minimum absolute atomic E-state index is 0.148. The number of alkyl carbamates (subject to hydrolysis) is 1. The van der Waals surface area contributed by atoms with Crippen molar-refractivity contribution in [1.29, 1.82) is 0 Å². The van der Waals surface area contributed by atoms with Crippen LogP contribution in [0.1, 0.15) is 18.6 Å². The Hall–Kier alpha value is -1.55. The fraction of sp³-hybridized carbons (Fsp3) is 0.417. The Labute approximate surface area is 95.6 Å². The Morgan fingerprint density at radius 1 is 1.38 bits per heavy atom. The van der Waals surface area contributed by atoms with Gasteiger partial charge in [0.2, 0.25) is 0 Å². The van der Waals surface area contributed by atoms with Crippen molar-refractivity contribution >= 4 is 6.09 Å². The van der Waals surface area contributed by atoms with Gasteiger partial charge in [-0.25, -0.2) is 4.79 Å². The van der Waals surface area contributed by atoms with Gasteiger partial charge in [-0.3, -0.25) is 0 Å². The van der Waals surface area contributed by atoms with Gasteiger partial charge < -0.3 is 14.8 Å². The second-order valence-electron chi connectivity index (χ2n) is 3.24. The molecule has 0 aliphatic carbocycles. The lowest BCUT2D eigenvalue weighted by atomic mass is 10.1. The number of amides is 1. The Morgan fingerprint density at radius 2 is 2.06 bits per heavy atom. The molecule has 4 heteroatoms. The van der Waals surface area contributed by atoms with Crippen molar-refractivity contribution in [3.05, 3.63) is 35.9 Å². The highest BCUT2D eigenvalue weighted by Crippen LogP contribution is 2.14. The van der Waals surface area contributed by atoms with Gasteiger partial charge in [-0.05, 0) is 12.5 Å². The number of ether oxygens (including phenoxy) is 2. The lowest BCUT2D eigenvalue weighted by molar-refractivity contribution is 0.0956. The van der Waals surface area contributed by atoms with Crippen LogP contribution in [0.25, 0.3) is 0 Å². The SMILES string of the molecule is CCOC(=O)NCC(OC)c1ccccc1. The van der Waals surface area contributed by atoms with Crippen LogP contribution < -0.4 is 5.32 Å². The van der Waals surface area contributed by atoms with Crippen LogP contribution in [0.3, 0.4) is 0 Å². The summed E-state index contributed by atoms with van der Waals surface area (Å²) in [6, 6.07) is 9.73. The molecule has 0 saturated heterocycles. The number of hydrogen-bond donors (Lipinski definition) is 1. The van der Waals surface area contributed by atoms with Gasteiger partial charge in [-0.2, -0.15) is 0 Å². The molecule has 0 fully saturated rings. The minimum Gasteiger partial charge on any atom is -0.450 e. The van der Waals surface area contributed by atoms with E-state index in [4.69, 9.17) is 9.47 Å². The van der Waals surface area contributed by atoms with E-state index in [-0.39, 0.29) is 6.10 Å². The van der Waals surface area contributed by atoms with Gasteiger partial charge >= 0.3 is 6.09 Å². The number of carbonyl (C=O) groups is 1. The molecular formula is C12H17NO3. The van der Waals surface area contributed by atoms with Gasteiger partial charge in [-0.1, -0.05) is 30.3 Å². The van der Waals surface area contributed by atoms with E-state index in [1.165, 1.54) is 0 Å². The molecule has 0 saturated carbocycles. The van der Waals surface area contributed by atoms with Gasteiger partial charge in [0.15, 0.2) is 0 Å². The summed E-state index contributed by atoms with van der Waals surface area (Å²) in [6.07, 6.45) is -0.564. The van der Waals surface area contributed by atoms with Crippen LogP contribution in [-0.2, 0) is 9.47 Å². The van der Waals surface area contributed by atoms with E-state index < -0.39 is 6.09 Å². The normalized spacial score (nSPS) is 11.9. The van der Waals surface area contributed by atoms with Crippen molar-refractivity contribution in [1.82, 2.24) is 5.32 Å². The molecule has 0 bridgehead atoms. The smallest absolute Gasteiger partial charge is 0.407 e. The molecule has 1 unspecified atom stereocenters. The van der Waals surface area contributed by atoms with E-state index in [2.05, 4.69) is 5.32 Å². The first-order valence-corrected chi connectivity index (χ1v) is 5.26. The average Bonchev–Trinajstić information content (AvgIpc) is 2.31. The molecule has 0 aliphatic heterocycles. The van der Waals surface area contributed by atoms with E-state index in [1.807, 2.05) is 30.3 Å². The topological polar surface area (TPSA) is 47.6 Å². The lowest BCUT2D eigenvalue weighted by Crippen LogP contribution is -2.29. The summed E-state index contributed by atoms with van der Waals surface area (Å²) >= 11 is 0. The van der Waals surface area contributed by atoms with Gasteiger partial charge in [0, 0.05) is 7.11 Å². The fourth-order valence-electron chi connectivity index (χ4n) is 1.36. The predicted octanol–water partition coefficient (Wildman–Crippen LogP) is 2.12. The Morgan fingerprint density at radius 3 is 2.62 bits per heavy atom. The zero-order chi connectivity index (χ0) is 11.8. The van der Waals surface area contributed by atoms with Crippen LogP contribution in [0, 0.1) is 0 Å². The first kappa shape index (κ1) is 12.5. The van der Waals surface area contributed by atoms with Crippen molar-refractivity contribution in [2.75, 3.05) is 20.3 Å². The summed E-state index contributed by atoms with van der Waals surface area (Å²) in [5.74, 6) is 0. The third kappa shape index (κ3) is 3.90. The highest BCUT2D eigenvalue weighted by atomic mass is 16.5. The third-order valence-electron chi connectivity index (χ3n) is 2.16. The van der Waals surface area contributed by atoms with Gasteiger partial charge in [0.05, 0.1) is 19.3 Å². The summed E-state index contributed by atoms with van der Waals surface area (Å²) in [5.41, 5.74) is 1.03. The standard InChI is InChI=1S/C12H17NO3/c1-3-16-12(14)13-9-11(15-2)10-7-5-4-6-8-10/h4-8,11H,3,9H2,1-2H3,(H,13,14). The summed E-state index contributed by atoms with van der Waals surface area (Å²) < 4.78 is 10.1. The Bertz CT molecular complexity index is 313. The zero-order valence-corrected chi connectivity index (χ0v) is 9.60. The molecular weight excluding hydrogens is 206 g/mol. The fourth-order valence-corrected chi connectivity index (χ4v) is 1.36. The molecule has 1 rings (SSSR count). The molecule has 0 spiro atoms. The molecule has 0 heterocycles. The van der Waals surface area contributed by atoms with Crippen molar-refractivity contribution in [2.45, 2.75) is 13.0 Å². The van der Waals surface area contributed by atoms with Crippen LogP contribution in [0.4, 0.5) is 4.79 Å². The maximum Gasteiger partial charge on any atom is 0.407 e. The predicted molar refractivity (Wildman–Crippen MR) is 61.2 cm³/mol. The van der Waals surface area contributed by atoms with Crippen LogP contribution >= 0.6 is 0 Å². The highest BCUT2D eigenvalue weighted by Gasteiger charge is 2.11. The second-order valence-corrected chi connectivity index (χ2v) is 3.24. The van der Waals surface area contributed by atoms with E-state index in [0.717, 1.165) is 5.56 Å². The molecule has 0 aliphatic rings. The van der Waals surface area contributed by atoms with Crippen molar-refractivity contribution in [3.8, 4) is 0 Å². The molecule has 16 heavy (non-hydrogen) atoms. The number of benzene rings is 1. The average molecular weight is 223 g/mol. The molecule has 4 nitrogen and oxygen atoms in total. The number of methoxy groups -OCH3 is 1. The third-order valence-corrected chi connectivity index (χ3v) is 2.16. The molecule has 1 amide bonds. The summed E-state index contributed by atoms with van der Waals surface area (Å²) in [5, 5.41) is 2.65. The molecule has 1 aromatic rings. The van der Waals surface area contributed by atoms with E-state index >= 15 is 0 Å². The highest BCUT2D eigenvalue weighted by molar-refractivity contribution is 5.67. The van der Waals surface area contributed by atoms with Gasteiger partial charge in [0.25, 0.3) is 0 Å². The van der Waals surface area contributed by atoms with Crippen LogP contribution in [-0.4, -0.2) is 26.4 Å². The summed E-state index contributed by atoms with van der Waals surface area (Å²) in [6.45, 7) is 2.54. The largest absolute Gasteiger partial charge is 0.450 e. The molecule has 0 radical (unpaired) electrons. The van der Waals surface area contributed by atoms with Crippen molar-refractivity contribution in [2.24, 2.45) is 0 Å². The number of carbonyl (C=O) groups excluding carboxylic acids is 1. The lowest BCUT2D eigenvalue weighted by Gasteiger charge is -2.16. The molecule has 0 aromatic heterocycles. The number of rotatable bonds is 5. The van der Waals surface area contributed by atoms with E-state index in [1.54, 1.807) is 14.0 Å². The Balaban J connectivity index is 2.47. The first-order valence-electron chi connectivity index (χ1n) is 5.26. The molecule has 88 valence electrons. The van der Waals surface area contributed by atoms with Crippen molar-refractivity contribution in [3.63, 3.8) is 0 Å². The van der Waals surface area contributed by atoms with Crippen molar-refractivity contribution < 1.29 is 14.3 Å². The summed E-state index contributed by atoms with van der Waals surface area (Å²) in [4.78, 5) is 11.1. The quantitative estimate of drug-likeness (QED) is 0.831. The monoisotopic (exact) mass is 223 g/mol. The zero-order valence-electron chi connectivity index (χ0n) is 9.60. The molecule has 1 atom stereocenters. The Kier molecular flexibility index (Phi) is 5.36. The van der Waals surface area contributed by atoms with Crippen LogP contribution in [0.5, 0.6) is 0 Å². The van der Waals surface area contributed by atoms with Gasteiger partial charge in [0.1, 0.15) is 0 Å². The number of nitrogens with one attached hydrogen (secondary N) is 1. The summed E-state index contributed by atoms with van der Waals surface area (Å²) in [7, 11) is 1.62. The van der Waals surface area contributed by atoms with E-state index in [0.29, 0.717) is 13.2 Å². The maximum absolute atomic E-state index is 11.1.